The van der Waals surface area contributed by atoms with E-state index in [1.807, 2.05) is 0 Å². The highest BCUT2D eigenvalue weighted by Crippen LogP contribution is 2.21. The second-order valence-corrected chi connectivity index (χ2v) is 5.45. The fourth-order valence-electron chi connectivity index (χ4n) is 2.71. The van der Waals surface area contributed by atoms with Crippen molar-refractivity contribution >= 4 is 0 Å². The molecule has 0 unspecified atom stereocenters. The molecule has 20 heavy (non-hydrogen) atoms. The van der Waals surface area contributed by atoms with E-state index in [0.717, 1.165) is 12.6 Å². The fraction of sp³-hybridized carbons (Fsp3) is 0.600. The molecule has 2 nitrogen and oxygen atoms in total. The molecule has 0 radical (unpaired) electrons. The average molecular weight is 286 g/mol. The van der Waals surface area contributed by atoms with Gasteiger partial charge in [0.05, 0.1) is 0 Å². The van der Waals surface area contributed by atoms with Gasteiger partial charge in [0, 0.05) is 37.3 Å². The lowest BCUT2D eigenvalue weighted by Gasteiger charge is -2.24. The van der Waals surface area contributed by atoms with Crippen molar-refractivity contribution in [2.24, 2.45) is 0 Å². The number of likely N-dealkylation sites (N-methyl/N-ethyl adjacent to an activating group) is 1. The van der Waals surface area contributed by atoms with Gasteiger partial charge in [0.25, 0.3) is 0 Å². The molecule has 0 spiro atoms. The molecule has 1 aromatic rings. The van der Waals surface area contributed by atoms with Gasteiger partial charge in [0.2, 0.25) is 0 Å². The van der Waals surface area contributed by atoms with Crippen molar-refractivity contribution in [3.05, 3.63) is 35.1 Å². The summed E-state index contributed by atoms with van der Waals surface area (Å²) >= 11 is 0. The second kappa shape index (κ2) is 7.09. The smallest absolute Gasteiger partial charge is 0.161 e. The van der Waals surface area contributed by atoms with E-state index >= 15 is 0 Å². The quantitative estimate of drug-likeness (QED) is 0.638. The Morgan fingerprint density at radius 1 is 1.10 bits per heavy atom. The Balaban J connectivity index is 1.74. The second-order valence-electron chi connectivity index (χ2n) is 5.45. The summed E-state index contributed by atoms with van der Waals surface area (Å²) < 4.78 is 39.2. The van der Waals surface area contributed by atoms with E-state index in [9.17, 15) is 13.2 Å². The van der Waals surface area contributed by atoms with Gasteiger partial charge >= 0.3 is 0 Å². The van der Waals surface area contributed by atoms with Gasteiger partial charge in [0.15, 0.2) is 11.6 Å². The average Bonchev–Trinajstić information content (AvgIpc) is 2.94. The Labute approximate surface area is 118 Å². The minimum Gasteiger partial charge on any atom is -0.311 e. The third kappa shape index (κ3) is 3.96. The molecule has 1 aliphatic rings. The topological polar surface area (TPSA) is 15.3 Å². The van der Waals surface area contributed by atoms with Crippen molar-refractivity contribution in [1.29, 1.82) is 0 Å². The highest BCUT2D eigenvalue weighted by Gasteiger charge is 2.18. The highest BCUT2D eigenvalue weighted by molar-refractivity contribution is 5.19. The predicted molar refractivity (Wildman–Crippen MR) is 72.9 cm³/mol. The van der Waals surface area contributed by atoms with Crippen LogP contribution in [-0.4, -0.2) is 31.1 Å². The molecule has 0 bridgehead atoms. The van der Waals surface area contributed by atoms with Crippen LogP contribution in [0.3, 0.4) is 0 Å². The summed E-state index contributed by atoms with van der Waals surface area (Å²) in [6.45, 7) is 1.78. The maximum atomic E-state index is 13.4. The van der Waals surface area contributed by atoms with Crippen LogP contribution < -0.4 is 5.32 Å². The number of nitrogens with one attached hydrogen (secondary N) is 1. The standard InChI is InChI=1S/C15H21F3N2/c1-20(12-4-2-3-5-12)7-6-19-10-11-8-14(17)15(18)9-13(11)16/h8-9,12,19H,2-7,10H2,1H3. The van der Waals surface area contributed by atoms with Crippen LogP contribution in [0.15, 0.2) is 12.1 Å². The third-order valence-corrected chi connectivity index (χ3v) is 3.99. The van der Waals surface area contributed by atoms with Gasteiger partial charge in [0.1, 0.15) is 5.82 Å². The SMILES string of the molecule is CN(CCNCc1cc(F)c(F)cc1F)C1CCCC1. The van der Waals surface area contributed by atoms with Gasteiger partial charge in [-0.15, -0.1) is 0 Å². The number of halogens is 3. The predicted octanol–water partition coefficient (Wildman–Crippen LogP) is 3.07. The van der Waals surface area contributed by atoms with Crippen molar-refractivity contribution in [3.63, 3.8) is 0 Å². The Bertz CT molecular complexity index is 445. The van der Waals surface area contributed by atoms with Crippen LogP contribution in [0.4, 0.5) is 13.2 Å². The summed E-state index contributed by atoms with van der Waals surface area (Å²) in [6.07, 6.45) is 5.08. The summed E-state index contributed by atoms with van der Waals surface area (Å²) in [5, 5.41) is 3.07. The van der Waals surface area contributed by atoms with E-state index in [0.29, 0.717) is 18.7 Å². The zero-order valence-electron chi connectivity index (χ0n) is 11.8. The first-order chi connectivity index (χ1) is 9.58. The molecule has 112 valence electrons. The third-order valence-electron chi connectivity index (χ3n) is 3.99. The normalized spacial score (nSPS) is 16.2. The molecule has 1 fully saturated rings. The Morgan fingerprint density at radius 2 is 1.75 bits per heavy atom. The molecule has 1 saturated carbocycles. The number of hydrogen-bond acceptors (Lipinski definition) is 2. The van der Waals surface area contributed by atoms with Crippen molar-refractivity contribution < 1.29 is 13.2 Å². The van der Waals surface area contributed by atoms with E-state index in [-0.39, 0.29) is 12.1 Å². The van der Waals surface area contributed by atoms with E-state index in [1.165, 1.54) is 25.7 Å². The van der Waals surface area contributed by atoms with E-state index < -0.39 is 17.5 Å². The van der Waals surface area contributed by atoms with Gasteiger partial charge < -0.3 is 10.2 Å². The Kier molecular flexibility index (Phi) is 5.43. The summed E-state index contributed by atoms with van der Waals surface area (Å²) in [7, 11) is 2.09. The minimum atomic E-state index is -1.15. The molecule has 0 heterocycles. The van der Waals surface area contributed by atoms with Crippen molar-refractivity contribution in [2.75, 3.05) is 20.1 Å². The van der Waals surface area contributed by atoms with Crippen molar-refractivity contribution in [3.8, 4) is 0 Å². The van der Waals surface area contributed by atoms with Gasteiger partial charge in [-0.3, -0.25) is 0 Å². The Hall–Kier alpha value is -1.07. The van der Waals surface area contributed by atoms with Crippen molar-refractivity contribution in [1.82, 2.24) is 10.2 Å². The van der Waals surface area contributed by atoms with Gasteiger partial charge in [-0.1, -0.05) is 12.8 Å². The first kappa shape index (κ1) is 15.3. The lowest BCUT2D eigenvalue weighted by molar-refractivity contribution is 0.245. The zero-order valence-corrected chi connectivity index (χ0v) is 11.8. The molecular formula is C15H21F3N2. The van der Waals surface area contributed by atoms with E-state index in [1.54, 1.807) is 0 Å². The van der Waals surface area contributed by atoms with Crippen molar-refractivity contribution in [2.45, 2.75) is 38.3 Å². The van der Waals surface area contributed by atoms with Gasteiger partial charge in [-0.2, -0.15) is 0 Å². The fourth-order valence-corrected chi connectivity index (χ4v) is 2.71. The molecule has 1 aliphatic carbocycles. The van der Waals surface area contributed by atoms with Gasteiger partial charge in [-0.05, 0) is 26.0 Å². The molecule has 0 aliphatic heterocycles. The van der Waals surface area contributed by atoms with Crippen LogP contribution in [-0.2, 0) is 6.54 Å². The molecule has 5 heteroatoms. The van der Waals surface area contributed by atoms with E-state index in [2.05, 4.69) is 17.3 Å². The van der Waals surface area contributed by atoms with Crippen LogP contribution in [0.2, 0.25) is 0 Å². The molecule has 2 rings (SSSR count). The molecular weight excluding hydrogens is 265 g/mol. The minimum absolute atomic E-state index is 0.160. The monoisotopic (exact) mass is 286 g/mol. The maximum absolute atomic E-state index is 13.4. The summed E-state index contributed by atoms with van der Waals surface area (Å²) in [6, 6.07) is 2.16. The summed E-state index contributed by atoms with van der Waals surface area (Å²) in [4.78, 5) is 2.31. The lowest BCUT2D eigenvalue weighted by atomic mass is 10.2. The first-order valence-corrected chi connectivity index (χ1v) is 7.12. The molecule has 0 atom stereocenters. The van der Waals surface area contributed by atoms with Crippen LogP contribution in [0, 0.1) is 17.5 Å². The maximum Gasteiger partial charge on any atom is 0.161 e. The first-order valence-electron chi connectivity index (χ1n) is 7.12. The molecule has 0 aromatic heterocycles. The number of nitrogens with zero attached hydrogens (tertiary/aromatic N) is 1. The van der Waals surface area contributed by atoms with Crippen LogP contribution in [0.5, 0.6) is 0 Å². The molecule has 0 saturated heterocycles. The molecule has 1 aromatic carbocycles. The molecule has 1 N–H and O–H groups in total. The van der Waals surface area contributed by atoms with Crippen LogP contribution in [0.25, 0.3) is 0 Å². The molecule has 0 amide bonds. The zero-order chi connectivity index (χ0) is 14.5. The highest BCUT2D eigenvalue weighted by atomic mass is 19.2. The number of hydrogen-bond donors (Lipinski definition) is 1. The Morgan fingerprint density at radius 3 is 2.45 bits per heavy atom. The summed E-state index contributed by atoms with van der Waals surface area (Å²) in [5.74, 6) is -2.86. The van der Waals surface area contributed by atoms with Crippen LogP contribution in [0.1, 0.15) is 31.2 Å². The lowest BCUT2D eigenvalue weighted by Crippen LogP contribution is -2.35. The number of rotatable bonds is 6. The largest absolute Gasteiger partial charge is 0.311 e. The summed E-state index contributed by atoms with van der Waals surface area (Å²) in [5.41, 5.74) is 0.160. The number of benzene rings is 1. The van der Waals surface area contributed by atoms with Crippen LogP contribution >= 0.6 is 0 Å². The van der Waals surface area contributed by atoms with E-state index in [4.69, 9.17) is 0 Å². The van der Waals surface area contributed by atoms with Gasteiger partial charge in [-0.25, -0.2) is 13.2 Å².